The monoisotopic (exact) mass is 279 g/mol. The van der Waals surface area contributed by atoms with Crippen LogP contribution in [0.25, 0.3) is 0 Å². The summed E-state index contributed by atoms with van der Waals surface area (Å²) in [6.07, 6.45) is 0.497. The van der Waals surface area contributed by atoms with Crippen molar-refractivity contribution < 1.29 is 14.4 Å². The van der Waals surface area contributed by atoms with Gasteiger partial charge in [0.25, 0.3) is 5.69 Å². The van der Waals surface area contributed by atoms with Gasteiger partial charge in [0.1, 0.15) is 5.82 Å². The van der Waals surface area contributed by atoms with E-state index in [4.69, 9.17) is 16.7 Å². The highest BCUT2D eigenvalue weighted by Gasteiger charge is 2.19. The number of thioether (sulfide) groups is 1. The molecule has 1 N–H and O–H groups in total. The number of nitro groups is 1. The van der Waals surface area contributed by atoms with E-state index in [9.17, 15) is 14.5 Å². The SMILES string of the molecule is CC(CCO)Sc1cc(Cl)c(F)cc1[N+](=O)[O-]. The van der Waals surface area contributed by atoms with Gasteiger partial charge in [-0.25, -0.2) is 4.39 Å². The molecule has 4 nitrogen and oxygen atoms in total. The number of nitrogens with zero attached hydrogens (tertiary/aromatic N) is 1. The molecule has 0 saturated carbocycles. The fourth-order valence-corrected chi connectivity index (χ4v) is 2.54. The molecule has 7 heteroatoms. The summed E-state index contributed by atoms with van der Waals surface area (Å²) in [5.74, 6) is -0.808. The van der Waals surface area contributed by atoms with Crippen molar-refractivity contribution >= 4 is 29.1 Å². The van der Waals surface area contributed by atoms with E-state index < -0.39 is 10.7 Å². The first-order chi connectivity index (χ1) is 7.95. The second kappa shape index (κ2) is 6.18. The van der Waals surface area contributed by atoms with Crippen molar-refractivity contribution in [2.24, 2.45) is 0 Å². The van der Waals surface area contributed by atoms with Crippen LogP contribution in [-0.4, -0.2) is 21.9 Å². The van der Waals surface area contributed by atoms with Crippen molar-refractivity contribution in [2.45, 2.75) is 23.5 Å². The molecule has 0 aliphatic carbocycles. The summed E-state index contributed by atoms with van der Waals surface area (Å²) < 4.78 is 13.1. The molecule has 0 saturated heterocycles. The molecular formula is C10H11ClFNO3S. The second-order valence-electron chi connectivity index (χ2n) is 3.43. The molecule has 0 radical (unpaired) electrons. The molecule has 1 unspecified atom stereocenters. The van der Waals surface area contributed by atoms with Crippen LogP contribution in [0.2, 0.25) is 5.02 Å². The number of aliphatic hydroxyl groups is 1. The lowest BCUT2D eigenvalue weighted by atomic mass is 10.3. The Balaban J connectivity index is 3.04. The summed E-state index contributed by atoms with van der Waals surface area (Å²) in [5.41, 5.74) is -0.304. The average molecular weight is 280 g/mol. The summed E-state index contributed by atoms with van der Waals surface area (Å²) in [7, 11) is 0. The molecule has 0 aliphatic heterocycles. The minimum Gasteiger partial charge on any atom is -0.396 e. The fourth-order valence-electron chi connectivity index (χ4n) is 1.21. The number of hydrogen-bond acceptors (Lipinski definition) is 4. The van der Waals surface area contributed by atoms with E-state index in [0.717, 1.165) is 6.07 Å². The van der Waals surface area contributed by atoms with Gasteiger partial charge < -0.3 is 5.11 Å². The van der Waals surface area contributed by atoms with Gasteiger partial charge >= 0.3 is 0 Å². The van der Waals surface area contributed by atoms with Crippen LogP contribution in [-0.2, 0) is 0 Å². The van der Waals surface area contributed by atoms with E-state index in [1.54, 1.807) is 0 Å². The number of halogens is 2. The normalized spacial score (nSPS) is 12.5. The fraction of sp³-hybridized carbons (Fsp3) is 0.400. The standard InChI is InChI=1S/C10H11ClFNO3S/c1-6(2-3-14)17-10-4-7(11)8(12)5-9(10)13(15)16/h4-6,14H,2-3H2,1H3. The Bertz CT molecular complexity index is 430. The van der Waals surface area contributed by atoms with Gasteiger partial charge in [-0.1, -0.05) is 18.5 Å². The molecule has 0 fully saturated rings. The van der Waals surface area contributed by atoms with Gasteiger partial charge in [-0.15, -0.1) is 11.8 Å². The van der Waals surface area contributed by atoms with Crippen LogP contribution in [0.3, 0.4) is 0 Å². The van der Waals surface area contributed by atoms with Gasteiger partial charge in [-0.2, -0.15) is 0 Å². The maximum atomic E-state index is 13.1. The first-order valence-corrected chi connectivity index (χ1v) is 6.12. The highest BCUT2D eigenvalue weighted by molar-refractivity contribution is 8.00. The lowest BCUT2D eigenvalue weighted by Crippen LogP contribution is -2.01. The lowest BCUT2D eigenvalue weighted by Gasteiger charge is -2.10. The third-order valence-corrected chi connectivity index (χ3v) is 3.57. The largest absolute Gasteiger partial charge is 0.396 e. The molecule has 0 aliphatic rings. The van der Waals surface area contributed by atoms with Crippen LogP contribution in [0.1, 0.15) is 13.3 Å². The molecule has 1 aromatic rings. The summed E-state index contributed by atoms with van der Waals surface area (Å²) in [4.78, 5) is 10.4. The molecule has 0 bridgehead atoms. The number of nitro benzene ring substituents is 1. The van der Waals surface area contributed by atoms with Crippen molar-refractivity contribution in [3.63, 3.8) is 0 Å². The summed E-state index contributed by atoms with van der Waals surface area (Å²) >= 11 is 6.78. The molecule has 1 rings (SSSR count). The van der Waals surface area contributed by atoms with E-state index in [1.165, 1.54) is 17.8 Å². The van der Waals surface area contributed by atoms with E-state index in [2.05, 4.69) is 0 Å². The van der Waals surface area contributed by atoms with Gasteiger partial charge in [-0.3, -0.25) is 10.1 Å². The molecule has 17 heavy (non-hydrogen) atoms. The molecule has 1 atom stereocenters. The summed E-state index contributed by atoms with van der Waals surface area (Å²) in [5, 5.41) is 19.4. The average Bonchev–Trinajstić information content (AvgIpc) is 2.23. The van der Waals surface area contributed by atoms with Crippen LogP contribution in [0.5, 0.6) is 0 Å². The zero-order valence-corrected chi connectivity index (χ0v) is 10.6. The third-order valence-electron chi connectivity index (χ3n) is 2.06. The number of aliphatic hydroxyl groups excluding tert-OH is 1. The number of benzene rings is 1. The predicted molar refractivity (Wildman–Crippen MR) is 65.1 cm³/mol. The van der Waals surface area contributed by atoms with Crippen LogP contribution in [0, 0.1) is 15.9 Å². The minimum atomic E-state index is -0.808. The van der Waals surface area contributed by atoms with E-state index >= 15 is 0 Å². The zero-order chi connectivity index (χ0) is 13.0. The van der Waals surface area contributed by atoms with Gasteiger partial charge in [0, 0.05) is 11.9 Å². The summed E-state index contributed by atoms with van der Waals surface area (Å²) in [6, 6.07) is 2.06. The highest BCUT2D eigenvalue weighted by atomic mass is 35.5. The Labute approximate surface area is 107 Å². The number of rotatable bonds is 5. The van der Waals surface area contributed by atoms with E-state index in [1.807, 2.05) is 6.92 Å². The predicted octanol–water partition coefficient (Wildman–Crippen LogP) is 3.25. The molecule has 0 amide bonds. The summed E-state index contributed by atoms with van der Waals surface area (Å²) in [6.45, 7) is 1.82. The molecule has 0 heterocycles. The van der Waals surface area contributed by atoms with Gasteiger partial charge in [-0.05, 0) is 12.5 Å². The van der Waals surface area contributed by atoms with Crippen LogP contribution in [0.4, 0.5) is 10.1 Å². The van der Waals surface area contributed by atoms with Gasteiger partial charge in [0.15, 0.2) is 0 Å². The van der Waals surface area contributed by atoms with Crippen molar-refractivity contribution in [3.05, 3.63) is 33.1 Å². The molecule has 0 aromatic heterocycles. The van der Waals surface area contributed by atoms with E-state index in [-0.39, 0.29) is 22.6 Å². The Morgan fingerprint density at radius 1 is 1.65 bits per heavy atom. The molecule has 94 valence electrons. The van der Waals surface area contributed by atoms with E-state index in [0.29, 0.717) is 11.3 Å². The highest BCUT2D eigenvalue weighted by Crippen LogP contribution is 2.36. The van der Waals surface area contributed by atoms with Crippen molar-refractivity contribution in [2.75, 3.05) is 6.61 Å². The quantitative estimate of drug-likeness (QED) is 0.510. The molecular weight excluding hydrogens is 269 g/mol. The van der Waals surface area contributed by atoms with Crippen LogP contribution in [0.15, 0.2) is 17.0 Å². The number of hydrogen-bond donors (Lipinski definition) is 1. The lowest BCUT2D eigenvalue weighted by molar-refractivity contribution is -0.387. The van der Waals surface area contributed by atoms with Gasteiger partial charge in [0.2, 0.25) is 0 Å². The Kier molecular flexibility index (Phi) is 5.17. The molecule has 1 aromatic carbocycles. The Morgan fingerprint density at radius 2 is 2.29 bits per heavy atom. The zero-order valence-electron chi connectivity index (χ0n) is 9.02. The van der Waals surface area contributed by atoms with Gasteiger partial charge in [0.05, 0.1) is 20.9 Å². The second-order valence-corrected chi connectivity index (χ2v) is 5.32. The molecule has 0 spiro atoms. The third kappa shape index (κ3) is 3.83. The Morgan fingerprint density at radius 3 is 2.82 bits per heavy atom. The van der Waals surface area contributed by atoms with Crippen molar-refractivity contribution in [1.82, 2.24) is 0 Å². The Hall–Kier alpha value is -0.850. The van der Waals surface area contributed by atoms with Crippen molar-refractivity contribution in [3.8, 4) is 0 Å². The maximum Gasteiger partial charge on any atom is 0.285 e. The van der Waals surface area contributed by atoms with Crippen LogP contribution < -0.4 is 0 Å². The van der Waals surface area contributed by atoms with Crippen molar-refractivity contribution in [1.29, 1.82) is 0 Å². The first-order valence-electron chi connectivity index (χ1n) is 4.86. The van der Waals surface area contributed by atoms with Crippen LogP contribution >= 0.6 is 23.4 Å². The first kappa shape index (κ1) is 14.2. The topological polar surface area (TPSA) is 63.4 Å². The smallest absolute Gasteiger partial charge is 0.285 e. The maximum absolute atomic E-state index is 13.1. The minimum absolute atomic E-state index is 0.00308.